The van der Waals surface area contributed by atoms with E-state index in [1.165, 1.54) is 23.1 Å². The fourth-order valence-electron chi connectivity index (χ4n) is 2.99. The van der Waals surface area contributed by atoms with Gasteiger partial charge in [0, 0.05) is 15.6 Å². The number of aromatic hydroxyl groups is 1. The number of rotatable bonds is 4. The molecule has 0 aliphatic heterocycles. The lowest BCUT2D eigenvalue weighted by Crippen LogP contribution is -2.28. The number of amides is 2. The number of carbonyl (C=O) groups excluding carboxylic acids is 2. The Hall–Kier alpha value is -3.02. The maximum Gasteiger partial charge on any atom is 0.262 e. The van der Waals surface area contributed by atoms with Crippen LogP contribution in [-0.4, -0.2) is 16.9 Å². The summed E-state index contributed by atoms with van der Waals surface area (Å²) in [5, 5.41) is 10.8. The Morgan fingerprint density at radius 2 is 1.38 bits per heavy atom. The van der Waals surface area contributed by atoms with E-state index in [-0.39, 0.29) is 16.9 Å². The van der Waals surface area contributed by atoms with Gasteiger partial charge in [-0.25, -0.2) is 0 Å². The summed E-state index contributed by atoms with van der Waals surface area (Å²) < 4.78 is 0. The largest absolute Gasteiger partial charge is 0.507 e. The zero-order valence-electron chi connectivity index (χ0n) is 15.7. The highest BCUT2D eigenvalue weighted by Gasteiger charge is 2.25. The number of halogens is 2. The van der Waals surface area contributed by atoms with Crippen LogP contribution in [0.1, 0.15) is 31.8 Å². The van der Waals surface area contributed by atoms with Crippen molar-refractivity contribution < 1.29 is 14.7 Å². The van der Waals surface area contributed by atoms with Crippen molar-refractivity contribution in [3.63, 3.8) is 0 Å². The molecule has 3 aromatic rings. The average molecular weight is 429 g/mol. The Balaban J connectivity index is 2.24. The molecule has 148 valence electrons. The zero-order valence-corrected chi connectivity index (χ0v) is 17.3. The number of nitrogens with two attached hydrogens (primary N) is 1. The molecule has 0 bridgehead atoms. The zero-order chi connectivity index (χ0) is 21.3. The number of nitrogens with zero attached hydrogens (tertiary/aromatic N) is 1. The van der Waals surface area contributed by atoms with Crippen LogP contribution in [0.15, 0.2) is 54.6 Å². The Morgan fingerprint density at radius 3 is 1.86 bits per heavy atom. The van der Waals surface area contributed by atoms with Gasteiger partial charge in [-0.2, -0.15) is 0 Å². The fourth-order valence-corrected chi connectivity index (χ4v) is 3.32. The first kappa shape index (κ1) is 20.7. The Bertz CT molecular complexity index is 1080. The van der Waals surface area contributed by atoms with E-state index in [9.17, 15) is 14.7 Å². The van der Waals surface area contributed by atoms with Crippen molar-refractivity contribution in [2.24, 2.45) is 5.73 Å². The van der Waals surface area contributed by atoms with Crippen molar-refractivity contribution in [3.8, 4) is 5.75 Å². The normalized spacial score (nSPS) is 10.6. The average Bonchev–Trinajstić information content (AvgIpc) is 2.67. The first-order valence-corrected chi connectivity index (χ1v) is 9.44. The molecule has 0 heterocycles. The van der Waals surface area contributed by atoms with Crippen LogP contribution >= 0.6 is 23.2 Å². The molecular formula is C22H18Cl2N2O3. The number of phenols is 1. The quantitative estimate of drug-likeness (QED) is 0.583. The number of anilines is 2. The second-order valence-corrected chi connectivity index (χ2v) is 7.47. The van der Waals surface area contributed by atoms with Crippen LogP contribution in [0.3, 0.4) is 0 Å². The first-order chi connectivity index (χ1) is 13.7. The van der Waals surface area contributed by atoms with Gasteiger partial charge in [0.2, 0.25) is 0 Å². The number of primary amides is 1. The summed E-state index contributed by atoms with van der Waals surface area (Å²) in [5.74, 6) is -1.55. The van der Waals surface area contributed by atoms with Crippen LogP contribution in [0.5, 0.6) is 5.75 Å². The number of aryl methyl sites for hydroxylation is 2. The molecule has 0 unspecified atom stereocenters. The maximum absolute atomic E-state index is 13.6. The molecule has 29 heavy (non-hydrogen) atoms. The number of hydrogen-bond donors (Lipinski definition) is 2. The molecule has 5 nitrogen and oxygen atoms in total. The molecule has 0 aliphatic rings. The third kappa shape index (κ3) is 4.21. The number of carbonyl (C=O) groups is 2. The van der Waals surface area contributed by atoms with Crippen molar-refractivity contribution in [3.05, 3.63) is 86.9 Å². The molecule has 3 aromatic carbocycles. The molecule has 0 atom stereocenters. The lowest BCUT2D eigenvalue weighted by molar-refractivity contribution is 0.0997. The fraction of sp³-hybridized carbons (Fsp3) is 0.0909. The topological polar surface area (TPSA) is 83.6 Å². The van der Waals surface area contributed by atoms with Gasteiger partial charge in [-0.1, -0.05) is 35.3 Å². The SMILES string of the molecule is Cc1ccc(Cl)cc1N(C(=O)c1ccc(O)c(C(N)=O)c1)c1cc(Cl)ccc1C. The number of hydrogen-bond acceptors (Lipinski definition) is 3. The molecule has 0 saturated heterocycles. The van der Waals surface area contributed by atoms with Crippen LogP contribution in [0.25, 0.3) is 0 Å². The Morgan fingerprint density at radius 1 is 0.862 bits per heavy atom. The lowest BCUT2D eigenvalue weighted by Gasteiger charge is -2.27. The molecule has 0 aliphatic carbocycles. The van der Waals surface area contributed by atoms with Gasteiger partial charge in [0.1, 0.15) is 5.75 Å². The van der Waals surface area contributed by atoms with E-state index in [2.05, 4.69) is 0 Å². The summed E-state index contributed by atoms with van der Waals surface area (Å²) in [6.07, 6.45) is 0. The van der Waals surface area contributed by atoms with Gasteiger partial charge in [0.15, 0.2) is 0 Å². The molecule has 0 saturated carbocycles. The second-order valence-electron chi connectivity index (χ2n) is 6.60. The van der Waals surface area contributed by atoms with E-state index in [0.29, 0.717) is 21.4 Å². The third-order valence-electron chi connectivity index (χ3n) is 4.54. The van der Waals surface area contributed by atoms with E-state index >= 15 is 0 Å². The molecule has 7 heteroatoms. The molecule has 3 N–H and O–H groups in total. The van der Waals surface area contributed by atoms with Crippen LogP contribution in [0.2, 0.25) is 10.0 Å². The van der Waals surface area contributed by atoms with Crippen LogP contribution < -0.4 is 10.6 Å². The van der Waals surface area contributed by atoms with Crippen LogP contribution in [0.4, 0.5) is 11.4 Å². The highest BCUT2D eigenvalue weighted by molar-refractivity contribution is 6.31. The molecule has 0 radical (unpaired) electrons. The minimum Gasteiger partial charge on any atom is -0.507 e. The predicted molar refractivity (Wildman–Crippen MR) is 115 cm³/mol. The minimum absolute atomic E-state index is 0.138. The summed E-state index contributed by atoms with van der Waals surface area (Å²) >= 11 is 12.4. The molecule has 2 amide bonds. The van der Waals surface area contributed by atoms with Crippen molar-refractivity contribution in [1.82, 2.24) is 0 Å². The standard InChI is InChI=1S/C22H18Cl2N2O3/c1-12-3-6-15(23)10-18(12)26(19-11-16(24)7-4-13(19)2)22(29)14-5-8-20(27)17(9-14)21(25)28/h3-11,27H,1-2H3,(H2,25,28). The van der Waals surface area contributed by atoms with Gasteiger partial charge in [0.05, 0.1) is 16.9 Å². The summed E-state index contributed by atoms with van der Waals surface area (Å²) in [5.41, 5.74) is 8.12. The van der Waals surface area contributed by atoms with Gasteiger partial charge >= 0.3 is 0 Å². The van der Waals surface area contributed by atoms with Crippen molar-refractivity contribution in [2.75, 3.05) is 4.90 Å². The second kappa shape index (κ2) is 8.15. The van der Waals surface area contributed by atoms with Crippen molar-refractivity contribution >= 4 is 46.4 Å². The Labute approximate surface area is 178 Å². The molecule has 0 spiro atoms. The highest BCUT2D eigenvalue weighted by atomic mass is 35.5. The third-order valence-corrected chi connectivity index (χ3v) is 5.01. The Kier molecular flexibility index (Phi) is 5.82. The van der Waals surface area contributed by atoms with Crippen molar-refractivity contribution in [2.45, 2.75) is 13.8 Å². The van der Waals surface area contributed by atoms with Gasteiger partial charge in [0.25, 0.3) is 11.8 Å². The highest BCUT2D eigenvalue weighted by Crippen LogP contribution is 2.36. The summed E-state index contributed by atoms with van der Waals surface area (Å²) in [7, 11) is 0. The monoisotopic (exact) mass is 428 g/mol. The maximum atomic E-state index is 13.6. The molecule has 0 aromatic heterocycles. The lowest BCUT2D eigenvalue weighted by atomic mass is 10.0. The summed E-state index contributed by atoms with van der Waals surface area (Å²) in [4.78, 5) is 26.7. The van der Waals surface area contributed by atoms with Crippen LogP contribution in [0, 0.1) is 13.8 Å². The van der Waals surface area contributed by atoms with Crippen LogP contribution in [-0.2, 0) is 0 Å². The van der Waals surface area contributed by atoms with E-state index in [0.717, 1.165) is 11.1 Å². The van der Waals surface area contributed by atoms with Gasteiger partial charge in [-0.05, 0) is 67.4 Å². The van der Waals surface area contributed by atoms with Gasteiger partial charge < -0.3 is 10.8 Å². The van der Waals surface area contributed by atoms with E-state index in [4.69, 9.17) is 28.9 Å². The van der Waals surface area contributed by atoms with E-state index < -0.39 is 11.8 Å². The summed E-state index contributed by atoms with van der Waals surface area (Å²) in [6, 6.07) is 14.4. The first-order valence-electron chi connectivity index (χ1n) is 8.68. The minimum atomic E-state index is -0.832. The molecular weight excluding hydrogens is 411 g/mol. The van der Waals surface area contributed by atoms with E-state index in [1.807, 2.05) is 26.0 Å². The van der Waals surface area contributed by atoms with Crippen molar-refractivity contribution in [1.29, 1.82) is 0 Å². The van der Waals surface area contributed by atoms with E-state index in [1.54, 1.807) is 24.3 Å². The van der Waals surface area contributed by atoms with Gasteiger partial charge in [-0.15, -0.1) is 0 Å². The van der Waals surface area contributed by atoms with Gasteiger partial charge in [-0.3, -0.25) is 14.5 Å². The summed E-state index contributed by atoms with van der Waals surface area (Å²) in [6.45, 7) is 3.72. The molecule has 0 fully saturated rings. The number of benzene rings is 3. The predicted octanol–water partition coefficient (Wildman–Crippen LogP) is 5.39. The molecule has 3 rings (SSSR count). The smallest absolute Gasteiger partial charge is 0.262 e.